The van der Waals surface area contributed by atoms with E-state index in [-0.39, 0.29) is 29.7 Å². The van der Waals surface area contributed by atoms with Gasteiger partial charge in [0, 0.05) is 17.4 Å². The van der Waals surface area contributed by atoms with Crippen molar-refractivity contribution in [1.82, 2.24) is 0 Å². The molecule has 2 fully saturated rings. The number of carbonyl (C=O) groups is 1. The number of carbonyl (C=O) groups excluding carboxylic acids is 1. The number of benzene rings is 1. The lowest BCUT2D eigenvalue weighted by atomic mass is 9.43. The van der Waals surface area contributed by atoms with E-state index in [4.69, 9.17) is 9.47 Å². The highest BCUT2D eigenvalue weighted by atomic mass is 16.6. The molecule has 0 radical (unpaired) electrons. The Bertz CT molecular complexity index is 977. The maximum Gasteiger partial charge on any atom is 0.342 e. The number of methoxy groups -OCH3 is 1. The normalized spacial score (nSPS) is 39.4. The zero-order valence-corrected chi connectivity index (χ0v) is 19.0. The Hall–Kier alpha value is -2.13. The molecule has 0 amide bonds. The Labute approximate surface area is 187 Å². The molecule has 4 rings (SSSR count). The van der Waals surface area contributed by atoms with Crippen molar-refractivity contribution in [1.29, 1.82) is 0 Å². The maximum atomic E-state index is 12.9. The highest BCUT2D eigenvalue weighted by molar-refractivity contribution is 5.94. The van der Waals surface area contributed by atoms with Crippen LogP contribution in [0, 0.1) is 23.7 Å². The summed E-state index contributed by atoms with van der Waals surface area (Å²) in [7, 11) is 1.45. The molecule has 32 heavy (non-hydrogen) atoms. The summed E-state index contributed by atoms with van der Waals surface area (Å²) >= 11 is 0. The van der Waals surface area contributed by atoms with Crippen molar-refractivity contribution in [3.63, 3.8) is 0 Å². The standard InChI is InChI=1S/C24H32O8/c1-12-6-14(31-5)7-15(26)17(12)20(28)32-16-9-22(4)18-19(27)21(2,3)11-23(18,29)8-13(10-25)24(16,22)30/h6-8,16,18-19,25-27,29-30H,9-11H2,1-5H3/t16-,18?,19-,22-,23+,24+/m1/s1. The summed E-state index contributed by atoms with van der Waals surface area (Å²) in [6.45, 7) is 6.56. The average Bonchev–Trinajstić information content (AvgIpc) is 2.88. The molecule has 0 aliphatic heterocycles. The third kappa shape index (κ3) is 2.79. The lowest BCUT2D eigenvalue weighted by molar-refractivity contribution is -0.276. The van der Waals surface area contributed by atoms with Crippen LogP contribution in [0.5, 0.6) is 11.5 Å². The molecule has 6 atom stereocenters. The van der Waals surface area contributed by atoms with E-state index in [9.17, 15) is 30.3 Å². The average molecular weight is 449 g/mol. The van der Waals surface area contributed by atoms with Crippen LogP contribution in [0.25, 0.3) is 0 Å². The van der Waals surface area contributed by atoms with Crippen molar-refractivity contribution in [3.8, 4) is 11.5 Å². The van der Waals surface area contributed by atoms with Crippen LogP contribution in [0.2, 0.25) is 0 Å². The van der Waals surface area contributed by atoms with E-state index in [1.807, 2.05) is 13.8 Å². The van der Waals surface area contributed by atoms with Crippen molar-refractivity contribution < 1.29 is 39.8 Å². The van der Waals surface area contributed by atoms with Gasteiger partial charge < -0.3 is 35.0 Å². The van der Waals surface area contributed by atoms with E-state index < -0.39 is 52.7 Å². The van der Waals surface area contributed by atoms with Gasteiger partial charge in [-0.05, 0) is 48.5 Å². The second-order valence-electron chi connectivity index (χ2n) is 10.5. The van der Waals surface area contributed by atoms with Gasteiger partial charge in [-0.1, -0.05) is 20.8 Å². The number of rotatable bonds is 4. The lowest BCUT2D eigenvalue weighted by Gasteiger charge is -2.66. The molecular weight excluding hydrogens is 416 g/mol. The van der Waals surface area contributed by atoms with Gasteiger partial charge in [-0.2, -0.15) is 0 Å². The Morgan fingerprint density at radius 3 is 2.44 bits per heavy atom. The van der Waals surface area contributed by atoms with Gasteiger partial charge in [0.25, 0.3) is 0 Å². The third-order valence-electron chi connectivity index (χ3n) is 8.09. The summed E-state index contributed by atoms with van der Waals surface area (Å²) in [4.78, 5) is 12.9. The van der Waals surface area contributed by atoms with Crippen molar-refractivity contribution in [2.24, 2.45) is 16.7 Å². The summed E-state index contributed by atoms with van der Waals surface area (Å²) in [5.41, 5.74) is -4.18. The molecule has 8 nitrogen and oxygen atoms in total. The first-order chi connectivity index (χ1) is 14.7. The molecule has 1 unspecified atom stereocenters. The van der Waals surface area contributed by atoms with Crippen LogP contribution in [0.4, 0.5) is 0 Å². The molecule has 0 heterocycles. The minimum absolute atomic E-state index is 0.0353. The van der Waals surface area contributed by atoms with Gasteiger partial charge in [0.1, 0.15) is 28.8 Å². The fourth-order valence-electron chi connectivity index (χ4n) is 6.59. The summed E-state index contributed by atoms with van der Waals surface area (Å²) in [6, 6.07) is 2.90. The molecule has 3 aliphatic rings. The first-order valence-corrected chi connectivity index (χ1v) is 10.8. The van der Waals surface area contributed by atoms with Crippen molar-refractivity contribution >= 4 is 5.97 Å². The lowest BCUT2D eigenvalue weighted by Crippen LogP contribution is -2.76. The topological polar surface area (TPSA) is 137 Å². The molecule has 1 aromatic rings. The van der Waals surface area contributed by atoms with Crippen molar-refractivity contribution in [3.05, 3.63) is 34.9 Å². The molecule has 176 valence electrons. The highest BCUT2D eigenvalue weighted by Crippen LogP contribution is 2.69. The number of esters is 1. The van der Waals surface area contributed by atoms with Crippen LogP contribution in [-0.4, -0.2) is 68.6 Å². The van der Waals surface area contributed by atoms with E-state index in [1.165, 1.54) is 19.3 Å². The molecule has 0 saturated heterocycles. The zero-order chi connectivity index (χ0) is 23.9. The highest BCUT2D eigenvalue weighted by Gasteiger charge is 2.77. The van der Waals surface area contributed by atoms with Gasteiger partial charge >= 0.3 is 5.97 Å². The Morgan fingerprint density at radius 1 is 1.22 bits per heavy atom. The number of aliphatic hydroxyl groups is 4. The van der Waals surface area contributed by atoms with Crippen LogP contribution in [0.15, 0.2) is 23.8 Å². The van der Waals surface area contributed by atoms with Gasteiger partial charge in [-0.3, -0.25) is 0 Å². The third-order valence-corrected chi connectivity index (χ3v) is 8.09. The first kappa shape index (κ1) is 23.0. The first-order valence-electron chi connectivity index (χ1n) is 10.8. The minimum atomic E-state index is -1.76. The Morgan fingerprint density at radius 2 is 1.88 bits per heavy atom. The fourth-order valence-corrected chi connectivity index (χ4v) is 6.59. The van der Waals surface area contributed by atoms with Gasteiger partial charge in [0.15, 0.2) is 0 Å². The SMILES string of the molecule is COc1cc(C)c(C(=O)O[C@@H]2C[C@]3(C)C4[C@@H](O)C(C)(C)C[C@@]4(O)C=C(CO)[C@]23O)c(O)c1. The van der Waals surface area contributed by atoms with Crippen LogP contribution in [0.3, 0.4) is 0 Å². The number of aryl methyl sites for hydroxylation is 1. The van der Waals surface area contributed by atoms with Crippen LogP contribution >= 0.6 is 0 Å². The molecular formula is C24H32O8. The molecule has 5 N–H and O–H groups in total. The van der Waals surface area contributed by atoms with E-state index in [0.717, 1.165) is 0 Å². The van der Waals surface area contributed by atoms with E-state index in [1.54, 1.807) is 19.9 Å². The predicted molar refractivity (Wildman–Crippen MR) is 114 cm³/mol. The van der Waals surface area contributed by atoms with Crippen LogP contribution < -0.4 is 4.74 Å². The zero-order valence-electron chi connectivity index (χ0n) is 19.0. The smallest absolute Gasteiger partial charge is 0.342 e. The van der Waals surface area contributed by atoms with Gasteiger partial charge in [0.05, 0.1) is 25.4 Å². The second-order valence-corrected chi connectivity index (χ2v) is 10.5. The number of fused-ring (bicyclic) bond motifs is 3. The second kappa shape index (κ2) is 6.93. The van der Waals surface area contributed by atoms with Gasteiger partial charge in [-0.25, -0.2) is 4.79 Å². The fraction of sp³-hybridized carbons (Fsp3) is 0.625. The number of aliphatic hydroxyl groups excluding tert-OH is 2. The molecule has 1 aromatic carbocycles. The van der Waals surface area contributed by atoms with Crippen molar-refractivity contribution in [2.45, 2.75) is 63.9 Å². The Balaban J connectivity index is 1.69. The molecule has 8 heteroatoms. The summed E-state index contributed by atoms with van der Waals surface area (Å²) < 4.78 is 10.7. The van der Waals surface area contributed by atoms with Crippen molar-refractivity contribution in [2.75, 3.05) is 13.7 Å². The quantitative estimate of drug-likeness (QED) is 0.345. The molecule has 3 aliphatic carbocycles. The molecule has 0 bridgehead atoms. The minimum Gasteiger partial charge on any atom is -0.507 e. The van der Waals surface area contributed by atoms with E-state index in [2.05, 4.69) is 0 Å². The number of hydrogen-bond acceptors (Lipinski definition) is 8. The van der Waals surface area contributed by atoms with Crippen LogP contribution in [0.1, 0.15) is 49.5 Å². The monoisotopic (exact) mass is 448 g/mol. The number of phenols is 1. The maximum absolute atomic E-state index is 12.9. The summed E-state index contributed by atoms with van der Waals surface area (Å²) in [5.74, 6) is -1.42. The largest absolute Gasteiger partial charge is 0.507 e. The summed E-state index contributed by atoms with van der Waals surface area (Å²) in [6.07, 6.45) is -0.00892. The molecule has 0 spiro atoms. The number of aromatic hydroxyl groups is 1. The van der Waals surface area contributed by atoms with Crippen LogP contribution in [-0.2, 0) is 4.74 Å². The van der Waals surface area contributed by atoms with Gasteiger partial charge in [-0.15, -0.1) is 0 Å². The van der Waals surface area contributed by atoms with E-state index >= 15 is 0 Å². The molecule has 0 aromatic heterocycles. The molecule has 2 saturated carbocycles. The summed E-state index contributed by atoms with van der Waals surface area (Å²) in [5, 5.41) is 54.5. The van der Waals surface area contributed by atoms with E-state index in [0.29, 0.717) is 11.3 Å². The number of ether oxygens (including phenoxy) is 2. The number of phenolic OH excluding ortho intramolecular Hbond substituents is 1. The Kier molecular flexibility index (Phi) is 4.99. The predicted octanol–water partition coefficient (Wildman–Crippen LogP) is 1.45. The van der Waals surface area contributed by atoms with Gasteiger partial charge in [0.2, 0.25) is 0 Å². The number of hydrogen-bond donors (Lipinski definition) is 5.